The smallest absolute Gasteiger partial charge is 0.223 e. The van der Waals surface area contributed by atoms with Crippen LogP contribution in [0.4, 0.5) is 5.13 Å². The first-order chi connectivity index (χ1) is 6.49. The Kier molecular flexibility index (Phi) is 3.60. The fraction of sp³-hybridized carbons (Fsp3) is 0.556. The van der Waals surface area contributed by atoms with Gasteiger partial charge in [0.05, 0.1) is 5.69 Å². The largest absolute Gasteiger partial charge is 0.304 e. The van der Waals surface area contributed by atoms with Gasteiger partial charge in [-0.15, -0.1) is 11.3 Å². The lowest BCUT2D eigenvalue weighted by Gasteiger charge is -2.06. The molecule has 0 aliphatic carbocycles. The van der Waals surface area contributed by atoms with Crippen molar-refractivity contribution in [3.63, 3.8) is 0 Å². The summed E-state index contributed by atoms with van der Waals surface area (Å²) in [6, 6.07) is 0. The van der Waals surface area contributed by atoms with Crippen molar-refractivity contribution in [2.45, 2.75) is 20.4 Å². The van der Waals surface area contributed by atoms with E-state index in [1.807, 2.05) is 21.0 Å². The number of anilines is 1. The monoisotopic (exact) mass is 213 g/mol. The number of nitrogens with one attached hydrogen (secondary N) is 1. The summed E-state index contributed by atoms with van der Waals surface area (Å²) in [5.41, 5.74) is 0.993. The van der Waals surface area contributed by atoms with E-state index in [9.17, 15) is 4.79 Å². The summed E-state index contributed by atoms with van der Waals surface area (Å²) in [7, 11) is 4.02. The molecule has 0 aliphatic heterocycles. The molecular weight excluding hydrogens is 198 g/mol. The summed E-state index contributed by atoms with van der Waals surface area (Å²) in [6.07, 6.45) is 0. The normalized spacial score (nSPS) is 10.6. The molecule has 14 heavy (non-hydrogen) atoms. The number of rotatable bonds is 3. The Morgan fingerprint density at radius 3 is 2.71 bits per heavy atom. The zero-order valence-electron chi connectivity index (χ0n) is 8.92. The topological polar surface area (TPSA) is 45.2 Å². The molecule has 0 aliphatic rings. The molecule has 0 saturated heterocycles. The number of aryl methyl sites for hydroxylation is 1. The van der Waals surface area contributed by atoms with E-state index in [2.05, 4.69) is 15.2 Å². The van der Waals surface area contributed by atoms with Crippen LogP contribution in [0.3, 0.4) is 0 Å². The molecule has 1 heterocycles. The van der Waals surface area contributed by atoms with Gasteiger partial charge in [0, 0.05) is 18.3 Å². The molecule has 0 unspecified atom stereocenters. The predicted molar refractivity (Wildman–Crippen MR) is 58.5 cm³/mol. The van der Waals surface area contributed by atoms with Crippen LogP contribution >= 0.6 is 11.3 Å². The molecule has 0 fully saturated rings. The molecule has 0 atom stereocenters. The highest BCUT2D eigenvalue weighted by atomic mass is 32.1. The van der Waals surface area contributed by atoms with Gasteiger partial charge in [-0.25, -0.2) is 4.98 Å². The van der Waals surface area contributed by atoms with Crippen molar-refractivity contribution in [3.8, 4) is 0 Å². The van der Waals surface area contributed by atoms with E-state index in [-0.39, 0.29) is 5.91 Å². The van der Waals surface area contributed by atoms with Gasteiger partial charge in [-0.3, -0.25) is 4.79 Å². The average molecular weight is 213 g/mol. The fourth-order valence-corrected chi connectivity index (χ4v) is 2.19. The minimum Gasteiger partial charge on any atom is -0.304 e. The van der Waals surface area contributed by atoms with E-state index in [0.717, 1.165) is 12.2 Å². The molecule has 1 amide bonds. The van der Waals surface area contributed by atoms with Crippen LogP contribution in [0.5, 0.6) is 0 Å². The zero-order chi connectivity index (χ0) is 10.7. The second-order valence-electron chi connectivity index (χ2n) is 3.45. The molecular formula is C9H15N3OS. The van der Waals surface area contributed by atoms with E-state index in [1.165, 1.54) is 23.1 Å². The molecule has 1 aromatic rings. The third-order valence-corrected chi connectivity index (χ3v) is 2.69. The minimum atomic E-state index is -0.0739. The van der Waals surface area contributed by atoms with Gasteiger partial charge in [0.1, 0.15) is 0 Å². The molecule has 0 saturated carbocycles. The first-order valence-corrected chi connectivity index (χ1v) is 5.19. The number of aromatic nitrogens is 1. The molecule has 78 valence electrons. The highest BCUT2D eigenvalue weighted by Crippen LogP contribution is 2.23. The van der Waals surface area contributed by atoms with E-state index in [1.54, 1.807) is 0 Å². The lowest BCUT2D eigenvalue weighted by atomic mass is 10.4. The number of amides is 1. The Hall–Kier alpha value is -0.940. The molecule has 0 radical (unpaired) electrons. The Balaban J connectivity index is 2.76. The van der Waals surface area contributed by atoms with Crippen molar-refractivity contribution >= 4 is 22.4 Å². The number of thiazole rings is 1. The van der Waals surface area contributed by atoms with Gasteiger partial charge in [0.2, 0.25) is 5.91 Å². The second kappa shape index (κ2) is 4.52. The van der Waals surface area contributed by atoms with Crippen molar-refractivity contribution < 1.29 is 4.79 Å². The predicted octanol–water partition coefficient (Wildman–Crippen LogP) is 1.47. The number of carbonyl (C=O) groups excluding carboxylic acids is 1. The van der Waals surface area contributed by atoms with Crippen molar-refractivity contribution in [1.82, 2.24) is 9.88 Å². The lowest BCUT2D eigenvalue weighted by molar-refractivity contribution is -0.114. The molecule has 1 aromatic heterocycles. The summed E-state index contributed by atoms with van der Waals surface area (Å²) >= 11 is 1.53. The van der Waals surface area contributed by atoms with Crippen LogP contribution in [0, 0.1) is 6.92 Å². The zero-order valence-corrected chi connectivity index (χ0v) is 9.73. The molecule has 1 rings (SSSR count). The summed E-state index contributed by atoms with van der Waals surface area (Å²) < 4.78 is 0. The summed E-state index contributed by atoms with van der Waals surface area (Å²) in [5, 5.41) is 3.38. The molecule has 0 bridgehead atoms. The van der Waals surface area contributed by atoms with Gasteiger partial charge in [-0.05, 0) is 21.0 Å². The van der Waals surface area contributed by atoms with E-state index < -0.39 is 0 Å². The Morgan fingerprint density at radius 1 is 1.57 bits per heavy atom. The maximum Gasteiger partial charge on any atom is 0.223 e. The molecule has 0 spiro atoms. The van der Waals surface area contributed by atoms with Crippen LogP contribution in [0.25, 0.3) is 0 Å². The third kappa shape index (κ3) is 3.08. The van der Waals surface area contributed by atoms with Crippen LogP contribution in [0.15, 0.2) is 0 Å². The van der Waals surface area contributed by atoms with Crippen LogP contribution in [-0.4, -0.2) is 29.9 Å². The summed E-state index contributed by atoms with van der Waals surface area (Å²) in [6.45, 7) is 4.31. The average Bonchev–Trinajstić information content (AvgIpc) is 2.28. The van der Waals surface area contributed by atoms with Gasteiger partial charge < -0.3 is 10.2 Å². The lowest BCUT2D eigenvalue weighted by Crippen LogP contribution is -2.10. The Bertz CT molecular complexity index is 333. The van der Waals surface area contributed by atoms with Crippen LogP contribution in [0.1, 0.15) is 17.5 Å². The standard InChI is InChI=1S/C9H15N3OS/c1-6-8(5-12(3)4)14-9(10-6)11-7(2)13/h5H2,1-4H3,(H,10,11,13). The number of hydrogen-bond donors (Lipinski definition) is 1. The van der Waals surface area contributed by atoms with E-state index in [4.69, 9.17) is 0 Å². The fourth-order valence-electron chi connectivity index (χ4n) is 1.07. The first kappa shape index (κ1) is 11.1. The van der Waals surface area contributed by atoms with E-state index in [0.29, 0.717) is 5.13 Å². The maximum absolute atomic E-state index is 10.8. The Morgan fingerprint density at radius 2 is 2.21 bits per heavy atom. The highest BCUT2D eigenvalue weighted by Gasteiger charge is 2.08. The number of nitrogens with zero attached hydrogens (tertiary/aromatic N) is 2. The minimum absolute atomic E-state index is 0.0739. The van der Waals surface area contributed by atoms with Gasteiger partial charge in [0.25, 0.3) is 0 Å². The third-order valence-electron chi connectivity index (χ3n) is 1.64. The molecule has 5 heteroatoms. The van der Waals surface area contributed by atoms with Crippen molar-refractivity contribution in [2.75, 3.05) is 19.4 Å². The first-order valence-electron chi connectivity index (χ1n) is 4.37. The summed E-state index contributed by atoms with van der Waals surface area (Å²) in [4.78, 5) is 18.3. The van der Waals surface area contributed by atoms with Crippen LogP contribution in [-0.2, 0) is 11.3 Å². The number of hydrogen-bond acceptors (Lipinski definition) is 4. The van der Waals surface area contributed by atoms with Crippen LogP contribution in [0.2, 0.25) is 0 Å². The molecule has 4 nitrogen and oxygen atoms in total. The van der Waals surface area contributed by atoms with Gasteiger partial charge in [-0.1, -0.05) is 0 Å². The second-order valence-corrected chi connectivity index (χ2v) is 4.53. The van der Waals surface area contributed by atoms with Gasteiger partial charge >= 0.3 is 0 Å². The molecule has 0 aromatic carbocycles. The van der Waals surface area contributed by atoms with Gasteiger partial charge in [0.15, 0.2) is 5.13 Å². The number of carbonyl (C=O) groups is 1. The van der Waals surface area contributed by atoms with Crippen molar-refractivity contribution in [3.05, 3.63) is 10.6 Å². The van der Waals surface area contributed by atoms with Crippen LogP contribution < -0.4 is 5.32 Å². The van der Waals surface area contributed by atoms with Crippen molar-refractivity contribution in [1.29, 1.82) is 0 Å². The maximum atomic E-state index is 10.8. The quantitative estimate of drug-likeness (QED) is 0.827. The van der Waals surface area contributed by atoms with E-state index >= 15 is 0 Å². The Labute approximate surface area is 88.0 Å². The summed E-state index contributed by atoms with van der Waals surface area (Å²) in [5.74, 6) is -0.0739. The highest BCUT2D eigenvalue weighted by molar-refractivity contribution is 7.15. The molecule has 1 N–H and O–H groups in total. The SMILES string of the molecule is CC(=O)Nc1nc(C)c(CN(C)C)s1. The van der Waals surface area contributed by atoms with Gasteiger partial charge in [-0.2, -0.15) is 0 Å². The van der Waals surface area contributed by atoms with Crippen molar-refractivity contribution in [2.24, 2.45) is 0 Å².